The van der Waals surface area contributed by atoms with E-state index in [9.17, 15) is 14.9 Å². The number of anilines is 1. The lowest BCUT2D eigenvalue weighted by atomic mass is 10.1. The molecule has 1 unspecified atom stereocenters. The van der Waals surface area contributed by atoms with Crippen molar-refractivity contribution in [2.45, 2.75) is 36.3 Å². The topological polar surface area (TPSA) is 98.0 Å². The van der Waals surface area contributed by atoms with E-state index in [4.69, 9.17) is 0 Å². The third kappa shape index (κ3) is 5.29. The summed E-state index contributed by atoms with van der Waals surface area (Å²) in [7, 11) is 0. The SMILES string of the molecule is CCC(C)Sc1nnc(NC(=O)Cc2ccc([N+](=O)[O-])cc2)s1. The first-order chi connectivity index (χ1) is 11.0. The fourth-order valence-electron chi connectivity index (χ4n) is 1.65. The number of nitro benzene ring substituents is 1. The number of non-ortho nitro benzene ring substituents is 1. The number of aromatic nitrogens is 2. The second kappa shape index (κ2) is 8.02. The smallest absolute Gasteiger partial charge is 0.269 e. The van der Waals surface area contributed by atoms with E-state index in [1.165, 1.54) is 23.5 Å². The molecule has 2 aromatic rings. The van der Waals surface area contributed by atoms with Crippen LogP contribution in [0.15, 0.2) is 28.6 Å². The molecule has 0 aliphatic rings. The quantitative estimate of drug-likeness (QED) is 0.354. The summed E-state index contributed by atoms with van der Waals surface area (Å²) in [6.07, 6.45) is 1.16. The molecule has 0 fully saturated rings. The molecular weight excluding hydrogens is 336 g/mol. The summed E-state index contributed by atoms with van der Waals surface area (Å²) >= 11 is 2.97. The molecule has 1 atom stereocenters. The van der Waals surface area contributed by atoms with Gasteiger partial charge in [0.25, 0.3) is 5.69 Å². The van der Waals surface area contributed by atoms with E-state index in [-0.39, 0.29) is 18.0 Å². The van der Waals surface area contributed by atoms with E-state index in [0.29, 0.717) is 15.9 Å². The first-order valence-electron chi connectivity index (χ1n) is 7.01. The van der Waals surface area contributed by atoms with Crippen LogP contribution < -0.4 is 5.32 Å². The van der Waals surface area contributed by atoms with Gasteiger partial charge in [0.2, 0.25) is 11.0 Å². The number of benzene rings is 1. The lowest BCUT2D eigenvalue weighted by Crippen LogP contribution is -2.14. The summed E-state index contributed by atoms with van der Waals surface area (Å²) in [6.45, 7) is 4.21. The molecule has 0 saturated heterocycles. The van der Waals surface area contributed by atoms with Crippen molar-refractivity contribution in [1.29, 1.82) is 0 Å². The molecule has 0 spiro atoms. The number of carbonyl (C=O) groups is 1. The molecule has 1 amide bonds. The number of rotatable bonds is 7. The molecule has 0 radical (unpaired) electrons. The Bertz CT molecular complexity index is 688. The van der Waals surface area contributed by atoms with Gasteiger partial charge in [0.05, 0.1) is 11.3 Å². The highest BCUT2D eigenvalue weighted by atomic mass is 32.2. The number of nitrogens with one attached hydrogen (secondary N) is 1. The van der Waals surface area contributed by atoms with E-state index in [1.807, 2.05) is 0 Å². The molecule has 0 bridgehead atoms. The van der Waals surface area contributed by atoms with E-state index < -0.39 is 4.92 Å². The van der Waals surface area contributed by atoms with Crippen LogP contribution in [0.5, 0.6) is 0 Å². The van der Waals surface area contributed by atoms with Gasteiger partial charge in [-0.1, -0.05) is 49.1 Å². The van der Waals surface area contributed by atoms with Crippen LogP contribution in [0, 0.1) is 10.1 Å². The average Bonchev–Trinajstić information content (AvgIpc) is 2.94. The highest BCUT2D eigenvalue weighted by molar-refractivity contribution is 8.01. The number of nitro groups is 1. The Morgan fingerprint density at radius 3 is 2.70 bits per heavy atom. The van der Waals surface area contributed by atoms with Gasteiger partial charge in [0.1, 0.15) is 0 Å². The predicted octanol–water partition coefficient (Wildman–Crippen LogP) is 3.52. The minimum atomic E-state index is -0.471. The van der Waals surface area contributed by atoms with Crippen molar-refractivity contribution in [2.24, 2.45) is 0 Å². The molecule has 122 valence electrons. The number of carbonyl (C=O) groups excluding carboxylic acids is 1. The lowest BCUT2D eigenvalue weighted by molar-refractivity contribution is -0.384. The highest BCUT2D eigenvalue weighted by Crippen LogP contribution is 2.29. The molecule has 0 saturated carbocycles. The van der Waals surface area contributed by atoms with Crippen LogP contribution in [-0.2, 0) is 11.2 Å². The Labute approximate surface area is 141 Å². The highest BCUT2D eigenvalue weighted by Gasteiger charge is 2.12. The summed E-state index contributed by atoms with van der Waals surface area (Å²) in [6, 6.07) is 5.91. The van der Waals surface area contributed by atoms with Crippen LogP contribution in [0.25, 0.3) is 0 Å². The van der Waals surface area contributed by atoms with Crippen molar-refractivity contribution in [3.05, 3.63) is 39.9 Å². The zero-order valence-corrected chi connectivity index (χ0v) is 14.3. The van der Waals surface area contributed by atoms with Crippen LogP contribution >= 0.6 is 23.1 Å². The number of thioether (sulfide) groups is 1. The van der Waals surface area contributed by atoms with E-state index in [2.05, 4.69) is 29.4 Å². The van der Waals surface area contributed by atoms with Crippen LogP contribution in [0.2, 0.25) is 0 Å². The van der Waals surface area contributed by atoms with Crippen LogP contribution in [-0.4, -0.2) is 26.3 Å². The van der Waals surface area contributed by atoms with Crippen molar-refractivity contribution in [1.82, 2.24) is 10.2 Å². The van der Waals surface area contributed by atoms with E-state index in [0.717, 1.165) is 10.8 Å². The summed E-state index contributed by atoms with van der Waals surface area (Å²) in [5, 5.41) is 22.2. The van der Waals surface area contributed by atoms with E-state index >= 15 is 0 Å². The van der Waals surface area contributed by atoms with Crippen molar-refractivity contribution in [3.63, 3.8) is 0 Å². The number of hydrogen-bond donors (Lipinski definition) is 1. The van der Waals surface area contributed by atoms with Gasteiger partial charge in [-0.3, -0.25) is 14.9 Å². The van der Waals surface area contributed by atoms with Gasteiger partial charge in [-0.05, 0) is 12.0 Å². The minimum Gasteiger partial charge on any atom is -0.300 e. The summed E-state index contributed by atoms with van der Waals surface area (Å²) in [5.74, 6) is -0.227. The van der Waals surface area contributed by atoms with Gasteiger partial charge >= 0.3 is 0 Å². The molecule has 9 heteroatoms. The molecule has 1 aromatic heterocycles. The predicted molar refractivity (Wildman–Crippen MR) is 90.9 cm³/mol. The zero-order chi connectivity index (χ0) is 16.8. The molecular formula is C14H16N4O3S2. The number of hydrogen-bond acceptors (Lipinski definition) is 7. The zero-order valence-electron chi connectivity index (χ0n) is 12.7. The minimum absolute atomic E-state index is 0.00462. The second-order valence-corrected chi connectivity index (χ2v) is 7.52. The summed E-state index contributed by atoms with van der Waals surface area (Å²) < 4.78 is 0.824. The summed E-state index contributed by atoms with van der Waals surface area (Å²) in [5.41, 5.74) is 0.705. The van der Waals surface area contributed by atoms with Gasteiger partial charge in [-0.15, -0.1) is 10.2 Å². The Hall–Kier alpha value is -2.00. The van der Waals surface area contributed by atoms with Gasteiger partial charge in [-0.25, -0.2) is 0 Å². The second-order valence-electron chi connectivity index (χ2n) is 4.86. The maximum absolute atomic E-state index is 12.0. The molecule has 1 heterocycles. The molecule has 1 aromatic carbocycles. The fourth-order valence-corrected chi connectivity index (χ4v) is 3.66. The average molecular weight is 352 g/mol. The third-order valence-corrected chi connectivity index (χ3v) is 5.23. The molecule has 7 nitrogen and oxygen atoms in total. The lowest BCUT2D eigenvalue weighted by Gasteiger charge is -2.03. The largest absolute Gasteiger partial charge is 0.300 e. The molecule has 1 N–H and O–H groups in total. The van der Waals surface area contributed by atoms with Crippen LogP contribution in [0.1, 0.15) is 25.8 Å². The molecule has 0 aliphatic heterocycles. The molecule has 2 rings (SSSR count). The summed E-state index contributed by atoms with van der Waals surface area (Å²) in [4.78, 5) is 22.1. The fraction of sp³-hybridized carbons (Fsp3) is 0.357. The van der Waals surface area contributed by atoms with E-state index in [1.54, 1.807) is 23.9 Å². The maximum atomic E-state index is 12.0. The monoisotopic (exact) mass is 352 g/mol. The standard InChI is InChI=1S/C14H16N4O3S2/c1-3-9(2)22-14-17-16-13(23-14)15-12(19)8-10-4-6-11(7-5-10)18(20)21/h4-7,9H,3,8H2,1-2H3,(H,15,16,19). The third-order valence-electron chi connectivity index (χ3n) is 3.04. The number of amides is 1. The van der Waals surface area contributed by atoms with Gasteiger partial charge in [0.15, 0.2) is 4.34 Å². The van der Waals surface area contributed by atoms with Gasteiger partial charge in [0, 0.05) is 17.4 Å². The van der Waals surface area contributed by atoms with Crippen molar-refractivity contribution in [2.75, 3.05) is 5.32 Å². The van der Waals surface area contributed by atoms with Crippen molar-refractivity contribution < 1.29 is 9.72 Å². The molecule has 23 heavy (non-hydrogen) atoms. The van der Waals surface area contributed by atoms with Crippen molar-refractivity contribution in [3.8, 4) is 0 Å². The Balaban J connectivity index is 1.90. The first kappa shape index (κ1) is 17.4. The Morgan fingerprint density at radius 1 is 1.39 bits per heavy atom. The normalized spacial score (nSPS) is 11.9. The van der Waals surface area contributed by atoms with Crippen LogP contribution in [0.4, 0.5) is 10.8 Å². The van der Waals surface area contributed by atoms with Crippen molar-refractivity contribution >= 4 is 39.8 Å². The van der Waals surface area contributed by atoms with Gasteiger partial charge in [-0.2, -0.15) is 0 Å². The number of nitrogens with zero attached hydrogens (tertiary/aromatic N) is 3. The molecule has 0 aliphatic carbocycles. The van der Waals surface area contributed by atoms with Crippen LogP contribution in [0.3, 0.4) is 0 Å². The Kier molecular flexibility index (Phi) is 6.05. The Morgan fingerprint density at radius 2 is 2.09 bits per heavy atom. The van der Waals surface area contributed by atoms with Gasteiger partial charge < -0.3 is 5.32 Å². The maximum Gasteiger partial charge on any atom is 0.269 e. The first-order valence-corrected chi connectivity index (χ1v) is 8.71.